The fourth-order valence-electron chi connectivity index (χ4n) is 1.74. The van der Waals surface area contributed by atoms with Crippen LogP contribution in [0.25, 0.3) is 0 Å². The zero-order valence-electron chi connectivity index (χ0n) is 11.2. The highest BCUT2D eigenvalue weighted by Crippen LogP contribution is 2.19. The second kappa shape index (κ2) is 6.49. The van der Waals surface area contributed by atoms with Crippen molar-refractivity contribution in [3.8, 4) is 0 Å². The van der Waals surface area contributed by atoms with Crippen LogP contribution in [0.2, 0.25) is 0 Å². The van der Waals surface area contributed by atoms with Gasteiger partial charge in [-0.05, 0) is 23.6 Å². The Labute approximate surface area is 123 Å². The Bertz CT molecular complexity index is 660. The minimum atomic E-state index is -3.51. The van der Waals surface area contributed by atoms with Crippen molar-refractivity contribution in [2.75, 3.05) is 0 Å². The molecule has 2 rings (SSSR count). The van der Waals surface area contributed by atoms with E-state index in [4.69, 9.17) is 5.11 Å². The molecule has 0 aliphatic heterocycles. The van der Waals surface area contributed by atoms with Crippen molar-refractivity contribution < 1.29 is 13.5 Å². The van der Waals surface area contributed by atoms with Crippen LogP contribution in [0.1, 0.15) is 22.9 Å². The molecule has 1 heterocycles. The summed E-state index contributed by atoms with van der Waals surface area (Å²) < 4.78 is 26.7. The van der Waals surface area contributed by atoms with Crippen LogP contribution in [0.3, 0.4) is 0 Å². The number of hydrogen-bond donors (Lipinski definition) is 2. The van der Waals surface area contributed by atoms with Crippen molar-refractivity contribution in [2.45, 2.75) is 31.4 Å². The Morgan fingerprint density at radius 2 is 1.85 bits per heavy atom. The molecule has 0 spiro atoms. The molecule has 1 aromatic carbocycles. The van der Waals surface area contributed by atoms with Gasteiger partial charge in [-0.2, -0.15) is 0 Å². The lowest BCUT2D eigenvalue weighted by atomic mass is 10.1. The molecule has 1 aromatic heterocycles. The molecule has 6 heteroatoms. The number of nitrogens with one attached hydrogen (secondary N) is 1. The maximum atomic E-state index is 12.1. The van der Waals surface area contributed by atoms with Gasteiger partial charge in [-0.1, -0.05) is 31.2 Å². The van der Waals surface area contributed by atoms with E-state index in [0.29, 0.717) is 4.88 Å². The van der Waals surface area contributed by atoms with Crippen molar-refractivity contribution in [1.82, 2.24) is 4.72 Å². The molecule has 0 atom stereocenters. The van der Waals surface area contributed by atoms with E-state index >= 15 is 0 Å². The second-order valence-electron chi connectivity index (χ2n) is 4.40. The molecular formula is C14H17NO3S2. The summed E-state index contributed by atoms with van der Waals surface area (Å²) >= 11 is 1.23. The van der Waals surface area contributed by atoms with Crippen LogP contribution in [0.15, 0.2) is 40.6 Å². The number of aliphatic hydroxyl groups is 1. The van der Waals surface area contributed by atoms with E-state index in [0.717, 1.165) is 12.0 Å². The lowest BCUT2D eigenvalue weighted by molar-refractivity contribution is 0.285. The first kappa shape index (κ1) is 15.2. The van der Waals surface area contributed by atoms with Crippen molar-refractivity contribution in [1.29, 1.82) is 0 Å². The molecule has 0 fully saturated rings. The highest BCUT2D eigenvalue weighted by atomic mass is 32.2. The van der Waals surface area contributed by atoms with Gasteiger partial charge < -0.3 is 5.11 Å². The molecule has 4 nitrogen and oxygen atoms in total. The lowest BCUT2D eigenvalue weighted by Crippen LogP contribution is -2.22. The van der Waals surface area contributed by atoms with Crippen molar-refractivity contribution in [3.63, 3.8) is 0 Å². The molecule has 0 unspecified atom stereocenters. The van der Waals surface area contributed by atoms with Gasteiger partial charge in [0.1, 0.15) is 0 Å². The topological polar surface area (TPSA) is 66.4 Å². The summed E-state index contributed by atoms with van der Waals surface area (Å²) in [7, 11) is -3.51. The fraction of sp³-hybridized carbons (Fsp3) is 0.286. The molecule has 0 bridgehead atoms. The predicted molar refractivity (Wildman–Crippen MR) is 80.1 cm³/mol. The quantitative estimate of drug-likeness (QED) is 0.860. The highest BCUT2D eigenvalue weighted by Gasteiger charge is 2.15. The van der Waals surface area contributed by atoms with Crippen molar-refractivity contribution in [2.24, 2.45) is 0 Å². The normalized spacial score (nSPS) is 11.7. The fourth-order valence-corrected chi connectivity index (χ4v) is 3.89. The summed E-state index contributed by atoms with van der Waals surface area (Å²) in [6.45, 7) is 2.20. The minimum Gasteiger partial charge on any atom is -0.391 e. The van der Waals surface area contributed by atoms with Crippen molar-refractivity contribution in [3.05, 3.63) is 51.7 Å². The summed E-state index contributed by atoms with van der Waals surface area (Å²) in [6, 6.07) is 9.34. The number of hydrogen-bond acceptors (Lipinski definition) is 4. The van der Waals surface area contributed by atoms with Gasteiger partial charge in [0, 0.05) is 16.8 Å². The Kier molecular flexibility index (Phi) is 4.93. The molecule has 0 saturated heterocycles. The van der Waals surface area contributed by atoms with Crippen LogP contribution >= 0.6 is 11.3 Å². The molecule has 0 radical (unpaired) electrons. The minimum absolute atomic E-state index is 0.140. The predicted octanol–water partition coefficient (Wildman–Crippen LogP) is 2.28. The molecule has 2 aromatic rings. The van der Waals surface area contributed by atoms with Gasteiger partial charge >= 0.3 is 0 Å². The van der Waals surface area contributed by atoms with Crippen LogP contribution in [0.4, 0.5) is 0 Å². The smallest absolute Gasteiger partial charge is 0.241 e. The van der Waals surface area contributed by atoms with Gasteiger partial charge in [0.25, 0.3) is 0 Å². The van der Waals surface area contributed by atoms with Gasteiger partial charge in [0.2, 0.25) is 10.0 Å². The van der Waals surface area contributed by atoms with Gasteiger partial charge in [-0.25, -0.2) is 13.1 Å². The summed E-state index contributed by atoms with van der Waals surface area (Å²) in [5, 5.41) is 10.5. The van der Waals surface area contributed by atoms with E-state index in [1.54, 1.807) is 0 Å². The van der Waals surface area contributed by atoms with Crippen LogP contribution in [-0.4, -0.2) is 13.5 Å². The van der Waals surface area contributed by atoms with E-state index in [1.165, 1.54) is 28.3 Å². The Morgan fingerprint density at radius 3 is 2.40 bits per heavy atom. The number of rotatable bonds is 6. The van der Waals surface area contributed by atoms with Crippen molar-refractivity contribution >= 4 is 21.4 Å². The molecule has 0 amide bonds. The molecule has 0 saturated carbocycles. The zero-order valence-corrected chi connectivity index (χ0v) is 12.8. The summed E-state index contributed by atoms with van der Waals surface area (Å²) in [6.07, 6.45) is 0.963. The lowest BCUT2D eigenvalue weighted by Gasteiger charge is -2.06. The van der Waals surface area contributed by atoms with Gasteiger partial charge in [-0.3, -0.25) is 0 Å². The molecule has 2 N–H and O–H groups in total. The first-order chi connectivity index (χ1) is 9.55. The van der Waals surface area contributed by atoms with E-state index in [9.17, 15) is 8.42 Å². The third-order valence-corrected chi connectivity index (χ3v) is 5.44. The SMILES string of the molecule is CCc1ccc(CNS(=O)(=O)c2csc(CO)c2)cc1. The first-order valence-corrected chi connectivity index (χ1v) is 8.67. The van der Waals surface area contributed by atoms with Crippen LogP contribution in [0.5, 0.6) is 0 Å². The van der Waals surface area contributed by atoms with E-state index < -0.39 is 10.0 Å². The average molecular weight is 311 g/mol. The maximum absolute atomic E-state index is 12.1. The molecule has 108 valence electrons. The van der Waals surface area contributed by atoms with Gasteiger partial charge in [0.15, 0.2) is 0 Å². The largest absolute Gasteiger partial charge is 0.391 e. The van der Waals surface area contributed by atoms with E-state index in [1.807, 2.05) is 24.3 Å². The third kappa shape index (κ3) is 3.67. The monoisotopic (exact) mass is 311 g/mol. The van der Waals surface area contributed by atoms with E-state index in [-0.39, 0.29) is 18.0 Å². The van der Waals surface area contributed by atoms with Gasteiger partial charge in [0.05, 0.1) is 11.5 Å². The van der Waals surface area contributed by atoms with Crippen LogP contribution in [0, 0.1) is 0 Å². The number of thiophene rings is 1. The second-order valence-corrected chi connectivity index (χ2v) is 7.16. The highest BCUT2D eigenvalue weighted by molar-refractivity contribution is 7.89. The van der Waals surface area contributed by atoms with Crippen LogP contribution < -0.4 is 4.72 Å². The summed E-state index contributed by atoms with van der Waals surface area (Å²) in [4.78, 5) is 0.842. The third-order valence-electron chi connectivity index (χ3n) is 2.99. The molecule has 0 aliphatic carbocycles. The first-order valence-electron chi connectivity index (χ1n) is 6.31. The van der Waals surface area contributed by atoms with E-state index in [2.05, 4.69) is 11.6 Å². The Morgan fingerprint density at radius 1 is 1.20 bits per heavy atom. The average Bonchev–Trinajstić information content (AvgIpc) is 2.95. The Balaban J connectivity index is 2.04. The maximum Gasteiger partial charge on any atom is 0.241 e. The summed E-state index contributed by atoms with van der Waals surface area (Å²) in [5.41, 5.74) is 2.14. The number of aliphatic hydroxyl groups excluding tert-OH is 1. The standard InChI is InChI=1S/C14H17NO3S2/c1-2-11-3-5-12(6-4-11)8-15-20(17,18)14-7-13(9-16)19-10-14/h3-7,10,15-16H,2,8-9H2,1H3. The Hall–Kier alpha value is -1.21. The van der Waals surface area contributed by atoms with Crippen LogP contribution in [-0.2, 0) is 29.6 Å². The van der Waals surface area contributed by atoms with Gasteiger partial charge in [-0.15, -0.1) is 11.3 Å². The number of sulfonamides is 1. The molecule has 20 heavy (non-hydrogen) atoms. The molecular weight excluding hydrogens is 294 g/mol. The number of benzene rings is 1. The number of aryl methyl sites for hydroxylation is 1. The zero-order chi connectivity index (χ0) is 14.6. The summed E-state index contributed by atoms with van der Waals surface area (Å²) in [5.74, 6) is 0. The molecule has 0 aliphatic rings.